The maximum Gasteiger partial charge on any atom is 0.333 e. The minimum absolute atomic E-state index is 0.175. The zero-order valence-electron chi connectivity index (χ0n) is 13.7. The van der Waals surface area contributed by atoms with Crippen molar-refractivity contribution in [2.24, 2.45) is 0 Å². The lowest BCUT2D eigenvalue weighted by molar-refractivity contribution is 0.0934. The van der Waals surface area contributed by atoms with Crippen LogP contribution in [-0.4, -0.2) is 11.9 Å². The molecule has 1 aromatic carbocycles. The zero-order valence-corrected chi connectivity index (χ0v) is 13.7. The lowest BCUT2D eigenvalue weighted by atomic mass is 10.0. The molecule has 1 unspecified atom stereocenters. The van der Waals surface area contributed by atoms with E-state index in [1.807, 2.05) is 38.1 Å². The van der Waals surface area contributed by atoms with Crippen molar-refractivity contribution in [1.29, 1.82) is 0 Å². The van der Waals surface area contributed by atoms with E-state index < -0.39 is 11.9 Å². The Morgan fingerprint density at radius 2 is 1.78 bits per heavy atom. The molecule has 2 rings (SSSR count). The van der Waals surface area contributed by atoms with Crippen LogP contribution in [-0.2, 0) is 0 Å². The molecule has 3 amide bonds. The molecular weight excluding hydrogens is 294 g/mol. The Bertz CT molecular complexity index is 722. The predicted molar refractivity (Wildman–Crippen MR) is 86.9 cm³/mol. The van der Waals surface area contributed by atoms with Crippen LogP contribution in [0.2, 0.25) is 0 Å². The van der Waals surface area contributed by atoms with Crippen molar-refractivity contribution in [3.63, 3.8) is 0 Å². The van der Waals surface area contributed by atoms with Crippen molar-refractivity contribution < 1.29 is 14.0 Å². The van der Waals surface area contributed by atoms with Gasteiger partial charge in [-0.3, -0.25) is 10.2 Å². The average Bonchev–Trinajstić information content (AvgIpc) is 2.84. The van der Waals surface area contributed by atoms with Gasteiger partial charge in [0, 0.05) is 0 Å². The summed E-state index contributed by atoms with van der Waals surface area (Å²) in [5.41, 5.74) is 7.22. The molecule has 2 aromatic rings. The molecule has 0 saturated carbocycles. The third-order valence-electron chi connectivity index (χ3n) is 3.58. The lowest BCUT2D eigenvalue weighted by Gasteiger charge is -2.17. The number of urea groups is 1. The highest BCUT2D eigenvalue weighted by Gasteiger charge is 2.15. The van der Waals surface area contributed by atoms with Crippen molar-refractivity contribution in [3.05, 3.63) is 58.5 Å². The summed E-state index contributed by atoms with van der Waals surface area (Å²) in [6, 6.07) is 8.78. The Balaban J connectivity index is 1.89. The molecule has 1 heterocycles. The van der Waals surface area contributed by atoms with Gasteiger partial charge in [0.25, 0.3) is 5.91 Å². The van der Waals surface area contributed by atoms with Crippen LogP contribution in [0.5, 0.6) is 0 Å². The predicted octanol–water partition coefficient (Wildman–Crippen LogP) is 2.91. The van der Waals surface area contributed by atoms with Crippen LogP contribution in [0.3, 0.4) is 0 Å². The van der Waals surface area contributed by atoms with Crippen molar-refractivity contribution in [3.8, 4) is 0 Å². The van der Waals surface area contributed by atoms with E-state index in [0.717, 1.165) is 11.1 Å². The van der Waals surface area contributed by atoms with Crippen molar-refractivity contribution in [1.82, 2.24) is 16.2 Å². The third-order valence-corrected chi connectivity index (χ3v) is 3.58. The van der Waals surface area contributed by atoms with Gasteiger partial charge in [-0.2, -0.15) is 0 Å². The fourth-order valence-corrected chi connectivity index (χ4v) is 2.42. The molecule has 0 fully saturated rings. The van der Waals surface area contributed by atoms with E-state index in [2.05, 4.69) is 16.2 Å². The normalized spacial score (nSPS) is 11.7. The van der Waals surface area contributed by atoms with Gasteiger partial charge in [-0.15, -0.1) is 0 Å². The number of nitrogens with one attached hydrogen (secondary N) is 3. The summed E-state index contributed by atoms with van der Waals surface area (Å²) in [4.78, 5) is 23.9. The molecule has 0 saturated heterocycles. The molecule has 0 aliphatic heterocycles. The maximum atomic E-state index is 12.0. The van der Waals surface area contributed by atoms with E-state index in [1.165, 1.54) is 0 Å². The molecule has 3 N–H and O–H groups in total. The van der Waals surface area contributed by atoms with E-state index >= 15 is 0 Å². The summed E-state index contributed by atoms with van der Waals surface area (Å²) in [5, 5.41) is 2.78. The van der Waals surface area contributed by atoms with Crippen LogP contribution in [0, 0.1) is 20.8 Å². The number of hydrazine groups is 1. The van der Waals surface area contributed by atoms with Crippen LogP contribution >= 0.6 is 0 Å². The van der Waals surface area contributed by atoms with Gasteiger partial charge in [-0.1, -0.05) is 24.3 Å². The van der Waals surface area contributed by atoms with Crippen molar-refractivity contribution in [2.75, 3.05) is 0 Å². The topological polar surface area (TPSA) is 83.4 Å². The number of benzene rings is 1. The molecule has 0 spiro atoms. The highest BCUT2D eigenvalue weighted by atomic mass is 16.3. The van der Waals surface area contributed by atoms with Crippen molar-refractivity contribution >= 4 is 11.9 Å². The average molecular weight is 315 g/mol. The van der Waals surface area contributed by atoms with Crippen LogP contribution < -0.4 is 16.2 Å². The molecule has 23 heavy (non-hydrogen) atoms. The molecule has 122 valence electrons. The Morgan fingerprint density at radius 1 is 1.09 bits per heavy atom. The van der Waals surface area contributed by atoms with Gasteiger partial charge >= 0.3 is 6.03 Å². The fourth-order valence-electron chi connectivity index (χ4n) is 2.42. The smallest absolute Gasteiger partial charge is 0.333 e. The second kappa shape index (κ2) is 7.00. The summed E-state index contributed by atoms with van der Waals surface area (Å²) in [6.07, 6.45) is 0. The van der Waals surface area contributed by atoms with Crippen LogP contribution in [0.15, 0.2) is 34.7 Å². The summed E-state index contributed by atoms with van der Waals surface area (Å²) in [5.74, 6) is 0.735. The number of hydrogen-bond acceptors (Lipinski definition) is 3. The first-order valence-corrected chi connectivity index (χ1v) is 7.38. The number of hydrogen-bond donors (Lipinski definition) is 3. The Labute approximate surface area is 135 Å². The SMILES string of the molecule is Cc1cc(C(=O)NNC(=O)NC(C)c2ccccc2C)c(C)o1. The van der Waals surface area contributed by atoms with E-state index in [0.29, 0.717) is 17.1 Å². The molecule has 1 aromatic heterocycles. The number of rotatable bonds is 3. The number of carbonyl (C=O) groups excluding carboxylic acids is 2. The van der Waals surface area contributed by atoms with E-state index in [-0.39, 0.29) is 6.04 Å². The fraction of sp³-hybridized carbons (Fsp3) is 0.294. The minimum atomic E-state index is -0.480. The molecule has 6 heteroatoms. The van der Waals surface area contributed by atoms with Gasteiger partial charge < -0.3 is 9.73 Å². The third kappa shape index (κ3) is 4.12. The van der Waals surface area contributed by atoms with Crippen molar-refractivity contribution in [2.45, 2.75) is 33.7 Å². The molecule has 6 nitrogen and oxygen atoms in total. The summed E-state index contributed by atoms with van der Waals surface area (Å²) in [6.45, 7) is 7.32. The second-order valence-electron chi connectivity index (χ2n) is 5.46. The standard InChI is InChI=1S/C17H21N3O3/c1-10-7-5-6-8-14(10)12(3)18-17(22)20-19-16(21)15-9-11(2)23-13(15)4/h5-9,12H,1-4H3,(H,19,21)(H2,18,20,22). The Kier molecular flexibility index (Phi) is 5.05. The molecular formula is C17H21N3O3. The summed E-state index contributed by atoms with van der Waals surface area (Å²) >= 11 is 0. The first-order valence-electron chi connectivity index (χ1n) is 7.38. The van der Waals surface area contributed by atoms with Crippen LogP contribution in [0.25, 0.3) is 0 Å². The number of amides is 3. The summed E-state index contributed by atoms with van der Waals surface area (Å²) < 4.78 is 5.29. The lowest BCUT2D eigenvalue weighted by Crippen LogP contribution is -2.47. The molecule has 0 aliphatic rings. The molecule has 0 radical (unpaired) electrons. The highest BCUT2D eigenvalue weighted by molar-refractivity contribution is 5.96. The highest BCUT2D eigenvalue weighted by Crippen LogP contribution is 2.16. The number of carbonyl (C=O) groups is 2. The Morgan fingerprint density at radius 3 is 2.39 bits per heavy atom. The molecule has 0 bridgehead atoms. The van der Waals surface area contributed by atoms with Gasteiger partial charge in [0.1, 0.15) is 11.5 Å². The second-order valence-corrected chi connectivity index (χ2v) is 5.46. The first kappa shape index (κ1) is 16.6. The number of aryl methyl sites for hydroxylation is 3. The first-order chi connectivity index (χ1) is 10.9. The van der Waals surface area contributed by atoms with Crippen LogP contribution in [0.1, 0.15) is 46.0 Å². The molecule has 0 aliphatic carbocycles. The van der Waals surface area contributed by atoms with Gasteiger partial charge in [-0.25, -0.2) is 10.2 Å². The van der Waals surface area contributed by atoms with Gasteiger partial charge in [0.2, 0.25) is 0 Å². The quantitative estimate of drug-likeness (QED) is 0.762. The number of furan rings is 1. The van der Waals surface area contributed by atoms with E-state index in [4.69, 9.17) is 4.42 Å². The zero-order chi connectivity index (χ0) is 17.0. The monoisotopic (exact) mass is 315 g/mol. The maximum absolute atomic E-state index is 12.0. The van der Waals surface area contributed by atoms with Crippen LogP contribution in [0.4, 0.5) is 4.79 Å². The van der Waals surface area contributed by atoms with Gasteiger partial charge in [-0.05, 0) is 44.9 Å². The van der Waals surface area contributed by atoms with E-state index in [1.54, 1.807) is 19.9 Å². The van der Waals surface area contributed by atoms with Gasteiger partial charge in [0.15, 0.2) is 0 Å². The molecule has 1 atom stereocenters. The largest absolute Gasteiger partial charge is 0.466 e. The Hall–Kier alpha value is -2.76. The minimum Gasteiger partial charge on any atom is -0.466 e. The van der Waals surface area contributed by atoms with Gasteiger partial charge in [0.05, 0.1) is 11.6 Å². The van der Waals surface area contributed by atoms with E-state index in [9.17, 15) is 9.59 Å². The summed E-state index contributed by atoms with van der Waals surface area (Å²) in [7, 11) is 0.